The van der Waals surface area contributed by atoms with Gasteiger partial charge in [0.1, 0.15) is 0 Å². The Labute approximate surface area is 36.3 Å². The Morgan fingerprint density at radius 2 is 2.50 bits per heavy atom. The summed E-state index contributed by atoms with van der Waals surface area (Å²) in [6, 6.07) is 1.99. The summed E-state index contributed by atoms with van der Waals surface area (Å²) in [6.07, 6.45) is 0. The first-order chi connectivity index (χ1) is 2.77. The van der Waals surface area contributed by atoms with Crippen LogP contribution in [0.4, 0.5) is 0 Å². The summed E-state index contributed by atoms with van der Waals surface area (Å²) in [5, 5.41) is 8.09. The summed E-state index contributed by atoms with van der Waals surface area (Å²) < 4.78 is 4.68. The number of hydrogen-bond acceptors (Lipinski definition) is 2. The topological polar surface area (TPSA) is 36.3 Å². The van der Waals surface area contributed by atoms with Crippen LogP contribution in [0.15, 0.2) is 0 Å². The third kappa shape index (κ3) is 0.373. The fourth-order valence-corrected chi connectivity index (χ4v) is 0.173. The highest BCUT2D eigenvalue weighted by Crippen LogP contribution is 2.23. The van der Waals surface area contributed by atoms with Gasteiger partial charge in [-0.1, -0.05) is 0 Å². The molecule has 2 nitrogen and oxygen atoms in total. The van der Waals surface area contributed by atoms with Gasteiger partial charge in [-0.2, -0.15) is 5.26 Å². The van der Waals surface area contributed by atoms with Gasteiger partial charge in [0.25, 0.3) is 0 Å². The number of nitriles is 1. The molecule has 1 aliphatic rings. The van der Waals surface area contributed by atoms with E-state index in [0.717, 1.165) is 0 Å². The van der Waals surface area contributed by atoms with Crippen LogP contribution < -0.4 is 0 Å². The van der Waals surface area contributed by atoms with E-state index in [1.54, 1.807) is 6.92 Å². The number of nitrogens with zero attached hydrogens (tertiary/aromatic N) is 1. The van der Waals surface area contributed by atoms with Crippen molar-refractivity contribution in [3.63, 3.8) is 0 Å². The molecule has 1 unspecified atom stereocenters. The van der Waals surface area contributed by atoms with Crippen LogP contribution in [0.25, 0.3) is 0 Å². The van der Waals surface area contributed by atoms with Gasteiger partial charge < -0.3 is 4.74 Å². The lowest BCUT2D eigenvalue weighted by atomic mass is 10.2. The zero-order chi connectivity index (χ0) is 4.62. The predicted octanol–water partition coefficient (Wildman–Crippen LogP) is 0.299. The molecular formula is C4H5NO. The predicted molar refractivity (Wildman–Crippen MR) is 20.0 cm³/mol. The average molecular weight is 83.1 g/mol. The third-order valence-corrected chi connectivity index (χ3v) is 0.814. The maximum absolute atomic E-state index is 8.09. The molecule has 0 aromatic heterocycles. The van der Waals surface area contributed by atoms with Crippen molar-refractivity contribution in [2.24, 2.45) is 0 Å². The summed E-state index contributed by atoms with van der Waals surface area (Å²) in [5.41, 5.74) is -0.403. The fourth-order valence-electron chi connectivity index (χ4n) is 0.173. The van der Waals surface area contributed by atoms with Gasteiger partial charge in [-0.3, -0.25) is 0 Å². The van der Waals surface area contributed by atoms with E-state index in [1.165, 1.54) is 0 Å². The average Bonchev–Trinajstić information content (AvgIpc) is 2.22. The molecule has 0 radical (unpaired) electrons. The highest BCUT2D eigenvalue weighted by Gasteiger charge is 2.39. The molecule has 1 fully saturated rings. The lowest BCUT2D eigenvalue weighted by molar-refractivity contribution is 0.375. The maximum Gasteiger partial charge on any atom is 0.174 e. The molecule has 0 aromatic carbocycles. The van der Waals surface area contributed by atoms with Crippen LogP contribution in [0.5, 0.6) is 0 Å². The Morgan fingerprint density at radius 3 is 2.50 bits per heavy atom. The third-order valence-electron chi connectivity index (χ3n) is 0.814. The molecule has 0 N–H and O–H groups in total. The molecule has 2 heteroatoms. The van der Waals surface area contributed by atoms with E-state index in [0.29, 0.717) is 6.61 Å². The number of epoxide rings is 1. The normalized spacial score (nSPS) is 41.3. The molecule has 32 valence electrons. The van der Waals surface area contributed by atoms with Gasteiger partial charge in [-0.15, -0.1) is 0 Å². The second-order valence-electron chi connectivity index (χ2n) is 1.63. The van der Waals surface area contributed by atoms with Gasteiger partial charge in [0.15, 0.2) is 5.60 Å². The molecule has 1 aliphatic heterocycles. The number of rotatable bonds is 0. The first-order valence-electron chi connectivity index (χ1n) is 1.82. The van der Waals surface area contributed by atoms with Gasteiger partial charge in [0, 0.05) is 0 Å². The van der Waals surface area contributed by atoms with E-state index in [9.17, 15) is 0 Å². The SMILES string of the molecule is CC1(C#N)CO1. The van der Waals surface area contributed by atoms with Crippen LogP contribution in [-0.2, 0) is 4.74 Å². The molecule has 0 amide bonds. The highest BCUT2D eigenvalue weighted by atomic mass is 16.6. The van der Waals surface area contributed by atoms with Crippen molar-refractivity contribution < 1.29 is 4.74 Å². The Kier molecular flexibility index (Phi) is 0.449. The maximum atomic E-state index is 8.09. The van der Waals surface area contributed by atoms with Crippen molar-refractivity contribution >= 4 is 0 Å². The van der Waals surface area contributed by atoms with E-state index in [4.69, 9.17) is 5.26 Å². The summed E-state index contributed by atoms with van der Waals surface area (Å²) in [6.45, 7) is 2.39. The second kappa shape index (κ2) is 0.742. The Bertz CT molecular complexity index is 98.6. The minimum atomic E-state index is -0.403. The number of ether oxygens (including phenoxy) is 1. The largest absolute Gasteiger partial charge is 0.354 e. The Hall–Kier alpha value is -0.550. The molecule has 0 aromatic rings. The fraction of sp³-hybridized carbons (Fsp3) is 0.750. The Morgan fingerprint density at radius 1 is 2.00 bits per heavy atom. The van der Waals surface area contributed by atoms with Crippen molar-refractivity contribution in [2.75, 3.05) is 6.61 Å². The van der Waals surface area contributed by atoms with Gasteiger partial charge in [-0.25, -0.2) is 0 Å². The minimum absolute atomic E-state index is 0.403. The quantitative estimate of drug-likeness (QED) is 0.395. The molecular weight excluding hydrogens is 78.0 g/mol. The van der Waals surface area contributed by atoms with Gasteiger partial charge >= 0.3 is 0 Å². The van der Waals surface area contributed by atoms with Crippen molar-refractivity contribution in [3.05, 3.63) is 0 Å². The highest BCUT2D eigenvalue weighted by molar-refractivity contribution is 5.06. The molecule has 1 heterocycles. The van der Waals surface area contributed by atoms with E-state index < -0.39 is 5.60 Å². The van der Waals surface area contributed by atoms with Crippen molar-refractivity contribution in [3.8, 4) is 6.07 Å². The molecule has 1 saturated heterocycles. The van der Waals surface area contributed by atoms with Crippen molar-refractivity contribution in [1.82, 2.24) is 0 Å². The van der Waals surface area contributed by atoms with Crippen LogP contribution in [0, 0.1) is 11.3 Å². The summed E-state index contributed by atoms with van der Waals surface area (Å²) in [4.78, 5) is 0. The van der Waals surface area contributed by atoms with Crippen molar-refractivity contribution in [2.45, 2.75) is 12.5 Å². The van der Waals surface area contributed by atoms with Gasteiger partial charge in [-0.05, 0) is 6.92 Å². The molecule has 6 heavy (non-hydrogen) atoms. The second-order valence-corrected chi connectivity index (χ2v) is 1.63. The van der Waals surface area contributed by atoms with Crippen LogP contribution in [0.3, 0.4) is 0 Å². The minimum Gasteiger partial charge on any atom is -0.354 e. The van der Waals surface area contributed by atoms with Crippen LogP contribution in [0.2, 0.25) is 0 Å². The van der Waals surface area contributed by atoms with Crippen LogP contribution in [0.1, 0.15) is 6.92 Å². The van der Waals surface area contributed by atoms with Gasteiger partial charge in [0.2, 0.25) is 0 Å². The van der Waals surface area contributed by atoms with Crippen LogP contribution in [-0.4, -0.2) is 12.2 Å². The van der Waals surface area contributed by atoms with E-state index in [2.05, 4.69) is 4.74 Å². The summed E-state index contributed by atoms with van der Waals surface area (Å²) >= 11 is 0. The standard InChI is InChI=1S/C4H5NO/c1-4(2-5)3-6-4/h3H2,1H3. The molecule has 0 spiro atoms. The number of hydrogen-bond donors (Lipinski definition) is 0. The van der Waals surface area contributed by atoms with E-state index in [1.807, 2.05) is 6.07 Å². The smallest absolute Gasteiger partial charge is 0.174 e. The van der Waals surface area contributed by atoms with Gasteiger partial charge in [0.05, 0.1) is 12.7 Å². The summed E-state index contributed by atoms with van der Waals surface area (Å²) in [5.74, 6) is 0. The zero-order valence-electron chi connectivity index (χ0n) is 3.56. The van der Waals surface area contributed by atoms with Crippen LogP contribution >= 0.6 is 0 Å². The monoisotopic (exact) mass is 83.0 g/mol. The molecule has 1 rings (SSSR count). The molecule has 1 atom stereocenters. The lowest BCUT2D eigenvalue weighted by Gasteiger charge is -1.77. The molecule has 0 bridgehead atoms. The Balaban J connectivity index is 2.54. The molecule has 0 saturated carbocycles. The lowest BCUT2D eigenvalue weighted by Crippen LogP contribution is -1.95. The van der Waals surface area contributed by atoms with Crippen molar-refractivity contribution in [1.29, 1.82) is 5.26 Å². The first-order valence-corrected chi connectivity index (χ1v) is 1.82. The zero-order valence-corrected chi connectivity index (χ0v) is 3.56. The van der Waals surface area contributed by atoms with E-state index in [-0.39, 0.29) is 0 Å². The first kappa shape index (κ1) is 3.63. The molecule has 0 aliphatic carbocycles. The summed E-state index contributed by atoms with van der Waals surface area (Å²) in [7, 11) is 0. The van der Waals surface area contributed by atoms with E-state index >= 15 is 0 Å².